The third-order valence-electron chi connectivity index (χ3n) is 4.49. The number of benzene rings is 2. The molecular weight excluding hydrogens is 336 g/mol. The van der Waals surface area contributed by atoms with E-state index < -0.39 is 10.0 Å². The number of anilines is 1. The molecule has 5 nitrogen and oxygen atoms in total. The maximum atomic E-state index is 12.8. The van der Waals surface area contributed by atoms with Crippen molar-refractivity contribution in [2.24, 2.45) is 0 Å². The van der Waals surface area contributed by atoms with E-state index in [1.165, 1.54) is 4.31 Å². The highest BCUT2D eigenvalue weighted by atomic mass is 32.2. The van der Waals surface area contributed by atoms with E-state index in [2.05, 4.69) is 0 Å². The molecule has 0 atom stereocenters. The van der Waals surface area contributed by atoms with Crippen LogP contribution >= 0.6 is 0 Å². The van der Waals surface area contributed by atoms with E-state index >= 15 is 0 Å². The van der Waals surface area contributed by atoms with E-state index in [1.807, 2.05) is 37.3 Å². The number of hydrogen-bond acceptors (Lipinski definition) is 3. The Morgan fingerprint density at radius 3 is 2.44 bits per heavy atom. The molecule has 1 fully saturated rings. The molecule has 1 amide bonds. The van der Waals surface area contributed by atoms with Gasteiger partial charge in [-0.15, -0.1) is 0 Å². The zero-order valence-corrected chi connectivity index (χ0v) is 15.3. The highest BCUT2D eigenvalue weighted by Crippen LogP contribution is 2.28. The summed E-state index contributed by atoms with van der Waals surface area (Å²) in [5.74, 6) is 0.0971. The largest absolute Gasteiger partial charge is 0.312 e. The van der Waals surface area contributed by atoms with E-state index in [0.29, 0.717) is 19.5 Å². The van der Waals surface area contributed by atoms with E-state index in [9.17, 15) is 13.2 Å². The van der Waals surface area contributed by atoms with Crippen molar-refractivity contribution in [2.45, 2.75) is 31.2 Å². The predicted octanol–water partition coefficient (Wildman–Crippen LogP) is 2.94. The van der Waals surface area contributed by atoms with Crippen LogP contribution in [0.3, 0.4) is 0 Å². The normalized spacial score (nSPS) is 15.2. The molecule has 1 aliphatic rings. The summed E-state index contributed by atoms with van der Waals surface area (Å²) in [6.45, 7) is 2.85. The number of nitrogens with zero attached hydrogens (tertiary/aromatic N) is 2. The van der Waals surface area contributed by atoms with Gasteiger partial charge in [-0.25, -0.2) is 8.42 Å². The molecule has 0 N–H and O–H groups in total. The molecule has 6 heteroatoms. The van der Waals surface area contributed by atoms with Gasteiger partial charge in [-0.2, -0.15) is 4.31 Å². The number of hydrogen-bond donors (Lipinski definition) is 0. The third-order valence-corrected chi connectivity index (χ3v) is 6.29. The molecular formula is C19H22N2O3S. The molecule has 0 saturated carbocycles. The van der Waals surface area contributed by atoms with Crippen LogP contribution in [-0.4, -0.2) is 32.2 Å². The Hall–Kier alpha value is -2.18. The van der Waals surface area contributed by atoms with Gasteiger partial charge < -0.3 is 4.90 Å². The van der Waals surface area contributed by atoms with Gasteiger partial charge in [0.2, 0.25) is 15.9 Å². The average Bonchev–Trinajstić information content (AvgIpc) is 3.01. The molecule has 132 valence electrons. The minimum absolute atomic E-state index is 0.0971. The van der Waals surface area contributed by atoms with Gasteiger partial charge in [-0.1, -0.05) is 30.3 Å². The molecule has 1 heterocycles. The quantitative estimate of drug-likeness (QED) is 0.826. The van der Waals surface area contributed by atoms with Gasteiger partial charge >= 0.3 is 0 Å². The van der Waals surface area contributed by atoms with Crippen LogP contribution in [0.2, 0.25) is 0 Å². The number of carbonyl (C=O) groups is 1. The minimum atomic E-state index is -3.58. The monoisotopic (exact) mass is 358 g/mol. The second-order valence-corrected chi connectivity index (χ2v) is 8.39. The maximum absolute atomic E-state index is 12.8. The Morgan fingerprint density at radius 2 is 1.84 bits per heavy atom. The van der Waals surface area contributed by atoms with E-state index in [-0.39, 0.29) is 10.8 Å². The minimum Gasteiger partial charge on any atom is -0.312 e. The van der Waals surface area contributed by atoms with Crippen LogP contribution in [0.1, 0.15) is 24.0 Å². The van der Waals surface area contributed by atoms with Crippen LogP contribution in [0.15, 0.2) is 53.4 Å². The van der Waals surface area contributed by atoms with Crippen molar-refractivity contribution >= 4 is 21.6 Å². The first-order valence-corrected chi connectivity index (χ1v) is 9.75. The summed E-state index contributed by atoms with van der Waals surface area (Å²) in [7, 11) is -2.00. The van der Waals surface area contributed by atoms with Crippen molar-refractivity contribution in [2.75, 3.05) is 18.5 Å². The topological polar surface area (TPSA) is 57.7 Å². The summed E-state index contributed by atoms with van der Waals surface area (Å²) in [6.07, 6.45) is 1.40. The van der Waals surface area contributed by atoms with Gasteiger partial charge in [-0.3, -0.25) is 4.79 Å². The van der Waals surface area contributed by atoms with Crippen LogP contribution in [0, 0.1) is 6.92 Å². The molecule has 0 aromatic heterocycles. The summed E-state index contributed by atoms with van der Waals surface area (Å²) in [5, 5.41) is 0. The number of sulfonamides is 1. The fraction of sp³-hybridized carbons (Fsp3) is 0.316. The second kappa shape index (κ2) is 6.98. The predicted molar refractivity (Wildman–Crippen MR) is 97.9 cm³/mol. The lowest BCUT2D eigenvalue weighted by Crippen LogP contribution is -2.27. The molecule has 25 heavy (non-hydrogen) atoms. The van der Waals surface area contributed by atoms with Crippen LogP contribution in [-0.2, 0) is 21.4 Å². The van der Waals surface area contributed by atoms with Gasteiger partial charge in [0, 0.05) is 32.2 Å². The first-order valence-electron chi connectivity index (χ1n) is 8.31. The lowest BCUT2D eigenvalue weighted by atomic mass is 10.2. The van der Waals surface area contributed by atoms with Crippen molar-refractivity contribution in [3.8, 4) is 0 Å². The molecule has 0 bridgehead atoms. The fourth-order valence-corrected chi connectivity index (χ4v) is 4.34. The van der Waals surface area contributed by atoms with E-state index in [0.717, 1.165) is 23.2 Å². The lowest BCUT2D eigenvalue weighted by Gasteiger charge is -2.21. The average molecular weight is 358 g/mol. The number of amides is 1. The summed E-state index contributed by atoms with van der Waals surface area (Å²) < 4.78 is 27.0. The van der Waals surface area contributed by atoms with Gasteiger partial charge in [0.15, 0.2) is 0 Å². The maximum Gasteiger partial charge on any atom is 0.243 e. The van der Waals surface area contributed by atoms with Gasteiger partial charge in [0.1, 0.15) is 0 Å². The zero-order valence-electron chi connectivity index (χ0n) is 14.5. The molecule has 2 aromatic carbocycles. The molecule has 1 aliphatic heterocycles. The zero-order chi connectivity index (χ0) is 18.0. The Labute approximate surface area is 148 Å². The van der Waals surface area contributed by atoms with E-state index in [1.54, 1.807) is 30.1 Å². The van der Waals surface area contributed by atoms with Gasteiger partial charge in [-0.05, 0) is 42.7 Å². The van der Waals surface area contributed by atoms with Crippen LogP contribution in [0.25, 0.3) is 0 Å². The highest BCUT2D eigenvalue weighted by Gasteiger charge is 2.25. The van der Waals surface area contributed by atoms with Crippen molar-refractivity contribution in [1.82, 2.24) is 4.31 Å². The van der Waals surface area contributed by atoms with Crippen molar-refractivity contribution < 1.29 is 13.2 Å². The first kappa shape index (κ1) is 17.6. The van der Waals surface area contributed by atoms with Crippen LogP contribution in [0.4, 0.5) is 5.69 Å². The second-order valence-electron chi connectivity index (χ2n) is 6.34. The Bertz CT molecular complexity index is 879. The number of rotatable bonds is 5. The van der Waals surface area contributed by atoms with Crippen molar-refractivity contribution in [3.63, 3.8) is 0 Å². The lowest BCUT2D eigenvalue weighted by molar-refractivity contribution is -0.117. The summed E-state index contributed by atoms with van der Waals surface area (Å²) in [5.41, 5.74) is 2.53. The Kier molecular flexibility index (Phi) is 4.92. The van der Waals surface area contributed by atoms with Crippen molar-refractivity contribution in [1.29, 1.82) is 0 Å². The van der Waals surface area contributed by atoms with Crippen LogP contribution < -0.4 is 4.90 Å². The molecule has 1 saturated heterocycles. The summed E-state index contributed by atoms with van der Waals surface area (Å²) in [6, 6.07) is 14.5. The first-order chi connectivity index (χ1) is 11.9. The summed E-state index contributed by atoms with van der Waals surface area (Å²) in [4.78, 5) is 13.9. The van der Waals surface area contributed by atoms with Gasteiger partial charge in [0.05, 0.1) is 4.90 Å². The molecule has 0 radical (unpaired) electrons. The SMILES string of the molecule is Cc1cc(S(=O)(=O)N(C)Cc2ccccc2)ccc1N1CCCC1=O. The molecule has 3 rings (SSSR count). The summed E-state index contributed by atoms with van der Waals surface area (Å²) >= 11 is 0. The molecule has 0 unspecified atom stereocenters. The van der Waals surface area contributed by atoms with E-state index in [4.69, 9.17) is 0 Å². The van der Waals surface area contributed by atoms with Crippen LogP contribution in [0.5, 0.6) is 0 Å². The fourth-order valence-electron chi connectivity index (χ4n) is 3.10. The Balaban J connectivity index is 1.85. The third kappa shape index (κ3) is 3.60. The number of carbonyl (C=O) groups excluding carboxylic acids is 1. The number of aryl methyl sites for hydroxylation is 1. The smallest absolute Gasteiger partial charge is 0.243 e. The highest BCUT2D eigenvalue weighted by molar-refractivity contribution is 7.89. The van der Waals surface area contributed by atoms with Crippen molar-refractivity contribution in [3.05, 3.63) is 59.7 Å². The molecule has 2 aromatic rings. The Morgan fingerprint density at radius 1 is 1.12 bits per heavy atom. The molecule has 0 spiro atoms. The molecule has 0 aliphatic carbocycles. The standard InChI is InChI=1S/C19H22N2O3S/c1-15-13-17(10-11-18(15)21-12-6-9-19(21)22)25(23,24)20(2)14-16-7-4-3-5-8-16/h3-5,7-8,10-11,13H,6,9,12,14H2,1-2H3. The van der Waals surface area contributed by atoms with Gasteiger partial charge in [0.25, 0.3) is 0 Å².